The summed E-state index contributed by atoms with van der Waals surface area (Å²) in [5.74, 6) is 5.97. The van der Waals surface area contributed by atoms with Crippen LogP contribution in [-0.2, 0) is 11.3 Å². The van der Waals surface area contributed by atoms with Gasteiger partial charge in [0.1, 0.15) is 0 Å². The van der Waals surface area contributed by atoms with Gasteiger partial charge in [-0.05, 0) is 29.8 Å². The molecule has 1 unspecified atom stereocenters. The van der Waals surface area contributed by atoms with Gasteiger partial charge in [0.05, 0.1) is 19.3 Å². The number of ether oxygens (including phenoxy) is 1. The molecular weight excluding hydrogens is 270 g/mol. The third-order valence-corrected chi connectivity index (χ3v) is 2.91. The Morgan fingerprint density at radius 3 is 2.45 bits per heavy atom. The fourth-order valence-corrected chi connectivity index (χ4v) is 1.75. The lowest BCUT2D eigenvalue weighted by Gasteiger charge is -2.06. The van der Waals surface area contributed by atoms with Gasteiger partial charge in [0.2, 0.25) is 0 Å². The molecular formula is C17H16ClNO. The minimum atomic E-state index is -0.297. The molecule has 3 heteroatoms. The first-order chi connectivity index (χ1) is 9.74. The van der Waals surface area contributed by atoms with Crippen molar-refractivity contribution in [3.63, 3.8) is 0 Å². The van der Waals surface area contributed by atoms with Crippen molar-refractivity contribution < 1.29 is 4.74 Å². The molecule has 2 nitrogen and oxygen atoms in total. The van der Waals surface area contributed by atoms with E-state index in [2.05, 4.69) is 11.8 Å². The molecule has 2 aromatic rings. The fraction of sp³-hybridized carbons (Fsp3) is 0.176. The third kappa shape index (κ3) is 5.07. The highest BCUT2D eigenvalue weighted by molar-refractivity contribution is 6.30. The Balaban J connectivity index is 1.78. The van der Waals surface area contributed by atoms with Crippen LogP contribution in [0, 0.1) is 11.8 Å². The van der Waals surface area contributed by atoms with E-state index in [1.807, 2.05) is 54.6 Å². The Kier molecular flexibility index (Phi) is 5.64. The van der Waals surface area contributed by atoms with Gasteiger partial charge in [0.25, 0.3) is 0 Å². The predicted molar refractivity (Wildman–Crippen MR) is 82.4 cm³/mol. The highest BCUT2D eigenvalue weighted by Crippen LogP contribution is 2.08. The van der Waals surface area contributed by atoms with Gasteiger partial charge in [0.15, 0.2) is 0 Å². The average Bonchev–Trinajstić information content (AvgIpc) is 2.48. The summed E-state index contributed by atoms with van der Waals surface area (Å²) < 4.78 is 5.54. The molecule has 0 bridgehead atoms. The Bertz CT molecular complexity index is 584. The van der Waals surface area contributed by atoms with Gasteiger partial charge in [-0.3, -0.25) is 0 Å². The molecule has 0 aliphatic heterocycles. The number of rotatable bonds is 4. The minimum absolute atomic E-state index is 0.297. The number of nitrogens with two attached hydrogens (primary N) is 1. The van der Waals surface area contributed by atoms with Crippen LogP contribution in [0.15, 0.2) is 54.6 Å². The molecule has 1 atom stereocenters. The van der Waals surface area contributed by atoms with Gasteiger partial charge in [-0.15, -0.1) is 0 Å². The molecule has 0 aliphatic carbocycles. The van der Waals surface area contributed by atoms with E-state index in [1.54, 1.807) is 0 Å². The number of hydrogen-bond donors (Lipinski definition) is 1. The second kappa shape index (κ2) is 7.72. The molecule has 0 heterocycles. The van der Waals surface area contributed by atoms with Crippen molar-refractivity contribution >= 4 is 11.6 Å². The van der Waals surface area contributed by atoms with E-state index in [-0.39, 0.29) is 6.04 Å². The zero-order valence-electron chi connectivity index (χ0n) is 11.1. The number of benzene rings is 2. The van der Waals surface area contributed by atoms with Crippen LogP contribution in [-0.4, -0.2) is 12.6 Å². The van der Waals surface area contributed by atoms with Crippen molar-refractivity contribution in [1.82, 2.24) is 0 Å². The zero-order valence-corrected chi connectivity index (χ0v) is 11.8. The topological polar surface area (TPSA) is 35.2 Å². The SMILES string of the molecule is NC(C#Cc1ccc(Cl)cc1)COCc1ccccc1. The van der Waals surface area contributed by atoms with Crippen LogP contribution in [0.5, 0.6) is 0 Å². The first-order valence-electron chi connectivity index (χ1n) is 6.38. The Morgan fingerprint density at radius 2 is 1.75 bits per heavy atom. The lowest BCUT2D eigenvalue weighted by molar-refractivity contribution is 0.118. The van der Waals surface area contributed by atoms with E-state index in [4.69, 9.17) is 22.1 Å². The van der Waals surface area contributed by atoms with Crippen LogP contribution in [0.3, 0.4) is 0 Å². The summed E-state index contributed by atoms with van der Waals surface area (Å²) in [5.41, 5.74) is 7.92. The van der Waals surface area contributed by atoms with Gasteiger partial charge in [0, 0.05) is 10.6 Å². The van der Waals surface area contributed by atoms with Crippen molar-refractivity contribution in [3.8, 4) is 11.8 Å². The summed E-state index contributed by atoms with van der Waals surface area (Å²) >= 11 is 5.81. The van der Waals surface area contributed by atoms with E-state index in [0.29, 0.717) is 18.2 Å². The summed E-state index contributed by atoms with van der Waals surface area (Å²) in [6, 6.07) is 17.0. The van der Waals surface area contributed by atoms with Crippen molar-refractivity contribution in [3.05, 3.63) is 70.7 Å². The van der Waals surface area contributed by atoms with E-state index < -0.39 is 0 Å². The molecule has 2 N–H and O–H groups in total. The Morgan fingerprint density at radius 1 is 1.05 bits per heavy atom. The minimum Gasteiger partial charge on any atom is -0.374 e. The smallest absolute Gasteiger partial charge is 0.0905 e. The van der Waals surface area contributed by atoms with E-state index in [1.165, 1.54) is 0 Å². The van der Waals surface area contributed by atoms with Gasteiger partial charge in [-0.1, -0.05) is 53.8 Å². The zero-order chi connectivity index (χ0) is 14.2. The van der Waals surface area contributed by atoms with Gasteiger partial charge in [-0.25, -0.2) is 0 Å². The first kappa shape index (κ1) is 14.6. The summed E-state index contributed by atoms with van der Waals surface area (Å²) in [5, 5.41) is 0.700. The molecule has 2 rings (SSSR count). The summed E-state index contributed by atoms with van der Waals surface area (Å²) in [6.07, 6.45) is 0. The summed E-state index contributed by atoms with van der Waals surface area (Å²) in [6.45, 7) is 0.965. The number of hydrogen-bond acceptors (Lipinski definition) is 2. The van der Waals surface area contributed by atoms with Gasteiger partial charge in [-0.2, -0.15) is 0 Å². The van der Waals surface area contributed by atoms with E-state index >= 15 is 0 Å². The van der Waals surface area contributed by atoms with Crippen LogP contribution in [0.25, 0.3) is 0 Å². The standard InChI is InChI=1S/C17H16ClNO/c18-16-9-6-14(7-10-16)8-11-17(19)13-20-12-15-4-2-1-3-5-15/h1-7,9-10,17H,12-13,19H2. The highest BCUT2D eigenvalue weighted by atomic mass is 35.5. The third-order valence-electron chi connectivity index (χ3n) is 2.66. The second-order valence-electron chi connectivity index (χ2n) is 4.38. The molecule has 0 spiro atoms. The lowest BCUT2D eigenvalue weighted by Crippen LogP contribution is -2.24. The van der Waals surface area contributed by atoms with Gasteiger partial charge < -0.3 is 10.5 Å². The molecule has 0 amide bonds. The number of halogens is 1. The maximum Gasteiger partial charge on any atom is 0.0905 e. The van der Waals surface area contributed by atoms with Crippen LogP contribution in [0.2, 0.25) is 5.02 Å². The quantitative estimate of drug-likeness (QED) is 0.876. The molecule has 0 saturated carbocycles. The van der Waals surface area contributed by atoms with Gasteiger partial charge >= 0.3 is 0 Å². The predicted octanol–water partition coefficient (Wildman–Crippen LogP) is 3.24. The molecule has 2 aromatic carbocycles. The molecule has 0 saturated heterocycles. The first-order valence-corrected chi connectivity index (χ1v) is 6.76. The monoisotopic (exact) mass is 285 g/mol. The van der Waals surface area contributed by atoms with Crippen LogP contribution < -0.4 is 5.73 Å². The van der Waals surface area contributed by atoms with Crippen molar-refractivity contribution in [2.24, 2.45) is 5.73 Å². The van der Waals surface area contributed by atoms with E-state index in [9.17, 15) is 0 Å². The molecule has 0 aromatic heterocycles. The molecule has 0 fully saturated rings. The van der Waals surface area contributed by atoms with Crippen LogP contribution in [0.4, 0.5) is 0 Å². The lowest BCUT2D eigenvalue weighted by atomic mass is 10.2. The second-order valence-corrected chi connectivity index (χ2v) is 4.82. The van der Waals surface area contributed by atoms with Crippen LogP contribution >= 0.6 is 11.6 Å². The molecule has 0 radical (unpaired) electrons. The summed E-state index contributed by atoms with van der Waals surface area (Å²) in [7, 11) is 0. The maximum atomic E-state index is 5.89. The molecule has 20 heavy (non-hydrogen) atoms. The van der Waals surface area contributed by atoms with Crippen LogP contribution in [0.1, 0.15) is 11.1 Å². The molecule has 102 valence electrons. The Labute approximate surface area is 124 Å². The van der Waals surface area contributed by atoms with Crippen molar-refractivity contribution in [2.45, 2.75) is 12.6 Å². The maximum absolute atomic E-state index is 5.89. The largest absolute Gasteiger partial charge is 0.374 e. The highest BCUT2D eigenvalue weighted by Gasteiger charge is 1.98. The van der Waals surface area contributed by atoms with Crippen molar-refractivity contribution in [2.75, 3.05) is 6.61 Å². The van der Waals surface area contributed by atoms with E-state index in [0.717, 1.165) is 11.1 Å². The average molecular weight is 286 g/mol. The Hall–Kier alpha value is -1.79. The summed E-state index contributed by atoms with van der Waals surface area (Å²) in [4.78, 5) is 0. The van der Waals surface area contributed by atoms with Crippen molar-refractivity contribution in [1.29, 1.82) is 0 Å². The normalized spacial score (nSPS) is 11.5. The fourth-order valence-electron chi connectivity index (χ4n) is 1.63. The molecule has 0 aliphatic rings.